The summed E-state index contributed by atoms with van der Waals surface area (Å²) in [7, 11) is -1.73. The Morgan fingerprint density at radius 1 is 1.11 bits per heavy atom. The summed E-state index contributed by atoms with van der Waals surface area (Å²) in [6.45, 7) is 16.6. The molecule has 2 atom stereocenters. The first-order valence-corrected chi connectivity index (χ1v) is 16.2. The molecule has 2 aromatic carbocycles. The highest BCUT2D eigenvalue weighted by atomic mass is 28.4. The van der Waals surface area contributed by atoms with Crippen molar-refractivity contribution in [2.24, 2.45) is 4.99 Å². The molecule has 1 spiro atoms. The second-order valence-electron chi connectivity index (χ2n) is 12.1. The number of aliphatic imine (C=N–C) groups is 1. The van der Waals surface area contributed by atoms with E-state index in [1.165, 1.54) is 11.1 Å². The number of amidine groups is 1. The standard InChI is InChI=1S/C29H40FN3O2Si/c1-28(2,3)36(4,5)34-19-18-32-17-15-29(21-32)20-31-27(35-29)33-16-14-22-8-6-7-9-25(22)26(33)23-10-12-24(30)13-11-23/h6-13,26H,14-21H2,1-5H3/t26-,29?/m0/s1. The third-order valence-electron chi connectivity index (χ3n) is 8.60. The van der Waals surface area contributed by atoms with Crippen molar-refractivity contribution in [1.29, 1.82) is 0 Å². The molecule has 3 aliphatic heterocycles. The third-order valence-corrected chi connectivity index (χ3v) is 13.1. The molecule has 0 saturated carbocycles. The lowest BCUT2D eigenvalue weighted by Crippen LogP contribution is -2.45. The van der Waals surface area contributed by atoms with Crippen molar-refractivity contribution >= 4 is 14.3 Å². The van der Waals surface area contributed by atoms with E-state index in [0.717, 1.165) is 57.2 Å². The lowest BCUT2D eigenvalue weighted by Gasteiger charge is -2.39. The summed E-state index contributed by atoms with van der Waals surface area (Å²) in [4.78, 5) is 9.69. The first kappa shape index (κ1) is 25.4. The van der Waals surface area contributed by atoms with Crippen molar-refractivity contribution < 1.29 is 13.6 Å². The van der Waals surface area contributed by atoms with Crippen LogP contribution in [0.25, 0.3) is 0 Å². The Hall–Kier alpha value is -2.22. The molecule has 5 rings (SSSR count). The predicted molar refractivity (Wildman–Crippen MR) is 145 cm³/mol. The zero-order valence-electron chi connectivity index (χ0n) is 22.4. The molecule has 36 heavy (non-hydrogen) atoms. The minimum absolute atomic E-state index is 0.0278. The number of fused-ring (bicyclic) bond motifs is 1. The number of hydrogen-bond acceptors (Lipinski definition) is 5. The Morgan fingerprint density at radius 3 is 2.61 bits per heavy atom. The number of benzene rings is 2. The van der Waals surface area contributed by atoms with Gasteiger partial charge in [-0.05, 0) is 53.4 Å². The zero-order chi connectivity index (χ0) is 25.6. The average Bonchev–Trinajstić information content (AvgIpc) is 3.44. The van der Waals surface area contributed by atoms with E-state index in [2.05, 4.69) is 67.9 Å². The van der Waals surface area contributed by atoms with E-state index in [0.29, 0.717) is 6.54 Å². The Labute approximate surface area is 216 Å². The molecule has 1 unspecified atom stereocenters. The first-order chi connectivity index (χ1) is 17.1. The molecule has 0 aromatic heterocycles. The van der Waals surface area contributed by atoms with Crippen LogP contribution >= 0.6 is 0 Å². The number of hydrogen-bond donors (Lipinski definition) is 0. The van der Waals surface area contributed by atoms with Crippen LogP contribution in [0.3, 0.4) is 0 Å². The minimum atomic E-state index is -1.73. The Kier molecular flexibility index (Phi) is 6.77. The molecule has 1 saturated heterocycles. The maximum Gasteiger partial charge on any atom is 0.288 e. The smallest absolute Gasteiger partial charge is 0.288 e. The van der Waals surface area contributed by atoms with Crippen molar-refractivity contribution in [3.8, 4) is 0 Å². The molecule has 0 N–H and O–H groups in total. The van der Waals surface area contributed by atoms with Crippen LogP contribution in [-0.4, -0.2) is 69.1 Å². The molecule has 3 heterocycles. The van der Waals surface area contributed by atoms with Gasteiger partial charge in [-0.1, -0.05) is 57.2 Å². The number of likely N-dealkylation sites (tertiary alicyclic amines) is 1. The van der Waals surface area contributed by atoms with Crippen LogP contribution in [0.1, 0.15) is 49.9 Å². The fourth-order valence-corrected chi connectivity index (χ4v) is 6.41. The van der Waals surface area contributed by atoms with Crippen molar-refractivity contribution in [1.82, 2.24) is 9.80 Å². The summed E-state index contributed by atoms with van der Waals surface area (Å²) in [6, 6.07) is 16.1. The summed E-state index contributed by atoms with van der Waals surface area (Å²) in [6.07, 6.45) is 1.92. The summed E-state index contributed by atoms with van der Waals surface area (Å²) < 4.78 is 26.8. The average molecular weight is 510 g/mol. The maximum absolute atomic E-state index is 13.7. The summed E-state index contributed by atoms with van der Waals surface area (Å²) in [5, 5.41) is 0.227. The van der Waals surface area contributed by atoms with Gasteiger partial charge in [-0.2, -0.15) is 0 Å². The molecule has 0 aliphatic carbocycles. The lowest BCUT2D eigenvalue weighted by atomic mass is 9.88. The molecule has 0 radical (unpaired) electrons. The highest BCUT2D eigenvalue weighted by Gasteiger charge is 2.47. The monoisotopic (exact) mass is 509 g/mol. The van der Waals surface area contributed by atoms with Crippen LogP contribution in [0.15, 0.2) is 53.5 Å². The Morgan fingerprint density at radius 2 is 1.86 bits per heavy atom. The van der Waals surface area contributed by atoms with E-state index < -0.39 is 8.32 Å². The van der Waals surface area contributed by atoms with Crippen LogP contribution in [0, 0.1) is 5.82 Å². The normalized spacial score (nSPS) is 24.7. The lowest BCUT2D eigenvalue weighted by molar-refractivity contribution is 0.0680. The minimum Gasteiger partial charge on any atom is -0.455 e. The van der Waals surface area contributed by atoms with Crippen molar-refractivity contribution in [3.63, 3.8) is 0 Å². The van der Waals surface area contributed by atoms with Gasteiger partial charge in [0.15, 0.2) is 8.32 Å². The van der Waals surface area contributed by atoms with Crippen LogP contribution in [0.4, 0.5) is 4.39 Å². The molecule has 0 amide bonds. The number of halogens is 1. The van der Waals surface area contributed by atoms with Gasteiger partial charge in [0.25, 0.3) is 6.02 Å². The van der Waals surface area contributed by atoms with Crippen LogP contribution < -0.4 is 0 Å². The van der Waals surface area contributed by atoms with Gasteiger partial charge in [0.2, 0.25) is 0 Å². The molecular weight excluding hydrogens is 469 g/mol. The van der Waals surface area contributed by atoms with E-state index in [9.17, 15) is 4.39 Å². The number of rotatable bonds is 5. The van der Waals surface area contributed by atoms with Gasteiger partial charge in [0.05, 0.1) is 12.6 Å². The highest BCUT2D eigenvalue weighted by molar-refractivity contribution is 6.74. The molecule has 2 aromatic rings. The fourth-order valence-electron chi connectivity index (χ4n) is 5.37. The molecule has 194 valence electrons. The number of ether oxygens (including phenoxy) is 1. The van der Waals surface area contributed by atoms with Crippen LogP contribution in [0.5, 0.6) is 0 Å². The molecule has 3 aliphatic rings. The van der Waals surface area contributed by atoms with Gasteiger partial charge in [-0.25, -0.2) is 9.38 Å². The molecule has 7 heteroatoms. The Bertz CT molecular complexity index is 1110. The van der Waals surface area contributed by atoms with E-state index in [-0.39, 0.29) is 22.5 Å². The highest BCUT2D eigenvalue weighted by Crippen LogP contribution is 2.39. The van der Waals surface area contributed by atoms with Gasteiger partial charge in [-0.3, -0.25) is 4.90 Å². The Balaban J connectivity index is 1.26. The van der Waals surface area contributed by atoms with Gasteiger partial charge in [-0.15, -0.1) is 0 Å². The third kappa shape index (κ3) is 4.98. The molecule has 0 bridgehead atoms. The van der Waals surface area contributed by atoms with E-state index in [1.54, 1.807) is 12.1 Å². The second-order valence-corrected chi connectivity index (χ2v) is 16.9. The van der Waals surface area contributed by atoms with Crippen molar-refractivity contribution in [3.05, 3.63) is 71.0 Å². The number of nitrogens with zero attached hydrogens (tertiary/aromatic N) is 3. The summed E-state index contributed by atoms with van der Waals surface area (Å²) in [5.41, 5.74) is 3.39. The van der Waals surface area contributed by atoms with Crippen LogP contribution in [0.2, 0.25) is 18.1 Å². The van der Waals surface area contributed by atoms with Gasteiger partial charge >= 0.3 is 0 Å². The van der Waals surface area contributed by atoms with Gasteiger partial charge < -0.3 is 14.1 Å². The maximum atomic E-state index is 13.7. The topological polar surface area (TPSA) is 37.3 Å². The first-order valence-electron chi connectivity index (χ1n) is 13.3. The summed E-state index contributed by atoms with van der Waals surface area (Å²) >= 11 is 0. The van der Waals surface area contributed by atoms with E-state index in [1.807, 2.05) is 12.1 Å². The summed E-state index contributed by atoms with van der Waals surface area (Å²) in [5.74, 6) is -0.216. The quantitative estimate of drug-likeness (QED) is 0.490. The molecular formula is C29H40FN3O2Si. The van der Waals surface area contributed by atoms with Crippen molar-refractivity contribution in [2.45, 2.75) is 63.4 Å². The largest absolute Gasteiger partial charge is 0.455 e. The van der Waals surface area contributed by atoms with Gasteiger partial charge in [0, 0.05) is 39.2 Å². The van der Waals surface area contributed by atoms with Crippen molar-refractivity contribution in [2.75, 3.05) is 39.3 Å². The second kappa shape index (κ2) is 9.58. The van der Waals surface area contributed by atoms with E-state index in [4.69, 9.17) is 14.2 Å². The molecule has 1 fully saturated rings. The SMILES string of the molecule is CC(C)(C)[Si](C)(C)OCCN1CCC2(CN=C(N3CCc4ccccc4[C@@H]3c3ccc(F)cc3)O2)C1. The van der Waals surface area contributed by atoms with E-state index >= 15 is 0 Å². The fraction of sp³-hybridized carbons (Fsp3) is 0.552. The zero-order valence-corrected chi connectivity index (χ0v) is 23.4. The van der Waals surface area contributed by atoms with Crippen LogP contribution in [-0.2, 0) is 15.6 Å². The van der Waals surface area contributed by atoms with Gasteiger partial charge in [0.1, 0.15) is 11.4 Å². The predicted octanol–water partition coefficient (Wildman–Crippen LogP) is 5.63. The molecule has 5 nitrogen and oxygen atoms in total.